The Balaban J connectivity index is 3.97. The molecule has 5 nitrogen and oxygen atoms in total. The number of rotatable bonds is 14. The van der Waals surface area contributed by atoms with Gasteiger partial charge in [0, 0.05) is 6.61 Å². The minimum absolute atomic E-state index is 0.0129. The zero-order chi connectivity index (χ0) is 15.2. The number of aliphatic carboxylic acids is 1. The highest BCUT2D eigenvalue weighted by Gasteiger charge is 2.22. The summed E-state index contributed by atoms with van der Waals surface area (Å²) < 4.78 is 10.7. The number of aliphatic hydroxyl groups excluding tert-OH is 1. The van der Waals surface area contributed by atoms with Gasteiger partial charge in [0.25, 0.3) is 6.29 Å². The van der Waals surface area contributed by atoms with E-state index < -0.39 is 12.3 Å². The molecule has 0 bridgehead atoms. The molecule has 0 heterocycles. The second kappa shape index (κ2) is 13.3. The van der Waals surface area contributed by atoms with Crippen LogP contribution in [0.1, 0.15) is 65.2 Å². The molecule has 0 aromatic rings. The van der Waals surface area contributed by atoms with Crippen LogP contribution in [-0.4, -0.2) is 41.8 Å². The summed E-state index contributed by atoms with van der Waals surface area (Å²) >= 11 is 0. The Bertz CT molecular complexity index is 232. The van der Waals surface area contributed by atoms with Gasteiger partial charge in [-0.25, -0.2) is 4.79 Å². The summed E-state index contributed by atoms with van der Waals surface area (Å²) in [6, 6.07) is 0. The molecule has 0 saturated heterocycles. The molecule has 5 heteroatoms. The van der Waals surface area contributed by atoms with Crippen molar-refractivity contribution in [2.45, 2.75) is 77.6 Å². The molecule has 20 heavy (non-hydrogen) atoms. The van der Waals surface area contributed by atoms with Crippen LogP contribution in [0.4, 0.5) is 0 Å². The SMILES string of the molecule is CCCCCCCC(CC)OC(OCCCO)C(=O)O. The molecule has 0 fully saturated rings. The zero-order valence-electron chi connectivity index (χ0n) is 12.8. The van der Waals surface area contributed by atoms with Crippen LogP contribution in [0.5, 0.6) is 0 Å². The molecule has 2 atom stereocenters. The summed E-state index contributed by atoms with van der Waals surface area (Å²) in [5, 5.41) is 17.7. The largest absolute Gasteiger partial charge is 0.477 e. The van der Waals surface area contributed by atoms with Gasteiger partial charge in [-0.15, -0.1) is 0 Å². The van der Waals surface area contributed by atoms with Crippen molar-refractivity contribution in [3.8, 4) is 0 Å². The quantitative estimate of drug-likeness (QED) is 0.380. The Morgan fingerprint density at radius 1 is 1.10 bits per heavy atom. The Labute approximate surface area is 122 Å². The van der Waals surface area contributed by atoms with Crippen molar-refractivity contribution in [1.29, 1.82) is 0 Å². The summed E-state index contributed by atoms with van der Waals surface area (Å²) in [5.41, 5.74) is 0. The average Bonchev–Trinajstić information content (AvgIpc) is 2.44. The highest BCUT2D eigenvalue weighted by atomic mass is 16.7. The number of hydrogen-bond acceptors (Lipinski definition) is 4. The highest BCUT2D eigenvalue weighted by Crippen LogP contribution is 2.14. The predicted octanol–water partition coefficient (Wildman–Crippen LogP) is 2.95. The molecule has 0 saturated carbocycles. The number of aliphatic hydroxyl groups is 1. The molecule has 0 aromatic carbocycles. The van der Waals surface area contributed by atoms with Crippen LogP contribution < -0.4 is 0 Å². The third-order valence-electron chi connectivity index (χ3n) is 3.17. The molecule has 2 unspecified atom stereocenters. The van der Waals surface area contributed by atoms with Crippen molar-refractivity contribution >= 4 is 5.97 Å². The number of hydrogen-bond donors (Lipinski definition) is 2. The topological polar surface area (TPSA) is 76.0 Å². The third-order valence-corrected chi connectivity index (χ3v) is 3.17. The van der Waals surface area contributed by atoms with E-state index in [1.165, 1.54) is 19.3 Å². The molecule has 0 radical (unpaired) electrons. The lowest BCUT2D eigenvalue weighted by Gasteiger charge is -2.21. The Morgan fingerprint density at radius 2 is 1.80 bits per heavy atom. The van der Waals surface area contributed by atoms with Gasteiger partial charge in [-0.3, -0.25) is 0 Å². The lowest BCUT2D eigenvalue weighted by atomic mass is 10.1. The van der Waals surface area contributed by atoms with Gasteiger partial charge in [-0.2, -0.15) is 0 Å². The van der Waals surface area contributed by atoms with Gasteiger partial charge in [-0.05, 0) is 19.3 Å². The summed E-state index contributed by atoms with van der Waals surface area (Å²) in [6.07, 6.45) is 6.68. The number of ether oxygens (including phenoxy) is 2. The first-order valence-corrected chi connectivity index (χ1v) is 7.76. The average molecular weight is 290 g/mol. The Kier molecular flexibility index (Phi) is 12.9. The molecule has 0 aliphatic heterocycles. The van der Waals surface area contributed by atoms with E-state index in [0.29, 0.717) is 6.42 Å². The van der Waals surface area contributed by atoms with E-state index in [-0.39, 0.29) is 19.3 Å². The summed E-state index contributed by atoms with van der Waals surface area (Å²) in [6.45, 7) is 4.35. The minimum atomic E-state index is -1.22. The van der Waals surface area contributed by atoms with Crippen LogP contribution >= 0.6 is 0 Å². The predicted molar refractivity (Wildman–Crippen MR) is 77.6 cm³/mol. The van der Waals surface area contributed by atoms with Gasteiger partial charge in [-0.1, -0.05) is 46.0 Å². The monoisotopic (exact) mass is 290 g/mol. The van der Waals surface area contributed by atoms with Crippen molar-refractivity contribution in [1.82, 2.24) is 0 Å². The van der Waals surface area contributed by atoms with E-state index in [4.69, 9.17) is 19.7 Å². The first-order valence-electron chi connectivity index (χ1n) is 7.76. The molecule has 0 aromatic heterocycles. The van der Waals surface area contributed by atoms with Crippen molar-refractivity contribution in [3.05, 3.63) is 0 Å². The number of unbranched alkanes of at least 4 members (excludes halogenated alkanes) is 4. The second-order valence-corrected chi connectivity index (χ2v) is 4.99. The fourth-order valence-corrected chi connectivity index (χ4v) is 1.94. The maximum Gasteiger partial charge on any atom is 0.361 e. The third kappa shape index (κ3) is 10.2. The second-order valence-electron chi connectivity index (χ2n) is 4.99. The molecule has 0 spiro atoms. The fraction of sp³-hybridized carbons (Fsp3) is 0.933. The van der Waals surface area contributed by atoms with Crippen molar-refractivity contribution in [2.75, 3.05) is 13.2 Å². The van der Waals surface area contributed by atoms with E-state index in [0.717, 1.165) is 25.7 Å². The fourth-order valence-electron chi connectivity index (χ4n) is 1.94. The van der Waals surface area contributed by atoms with Crippen LogP contribution in [0.2, 0.25) is 0 Å². The van der Waals surface area contributed by atoms with E-state index in [2.05, 4.69) is 6.92 Å². The normalized spacial score (nSPS) is 14.2. The number of carbonyl (C=O) groups is 1. The Morgan fingerprint density at radius 3 is 2.35 bits per heavy atom. The zero-order valence-corrected chi connectivity index (χ0v) is 12.8. The van der Waals surface area contributed by atoms with Crippen molar-refractivity contribution < 1.29 is 24.5 Å². The highest BCUT2D eigenvalue weighted by molar-refractivity contribution is 5.70. The smallest absolute Gasteiger partial charge is 0.361 e. The summed E-state index contributed by atoms with van der Waals surface area (Å²) in [5.74, 6) is -1.10. The van der Waals surface area contributed by atoms with Crippen LogP contribution in [0.25, 0.3) is 0 Å². The van der Waals surface area contributed by atoms with Crippen molar-refractivity contribution in [3.63, 3.8) is 0 Å². The van der Waals surface area contributed by atoms with Gasteiger partial charge in [0.05, 0.1) is 12.7 Å². The van der Waals surface area contributed by atoms with Crippen LogP contribution in [0.3, 0.4) is 0 Å². The molecular formula is C15H30O5. The molecule has 2 N–H and O–H groups in total. The van der Waals surface area contributed by atoms with Crippen LogP contribution in [-0.2, 0) is 14.3 Å². The lowest BCUT2D eigenvalue weighted by molar-refractivity contribution is -0.203. The van der Waals surface area contributed by atoms with Crippen molar-refractivity contribution in [2.24, 2.45) is 0 Å². The molecule has 0 aliphatic rings. The Hall–Kier alpha value is -0.650. The maximum atomic E-state index is 11.0. The van der Waals surface area contributed by atoms with Crippen LogP contribution in [0, 0.1) is 0 Å². The van der Waals surface area contributed by atoms with E-state index in [1.807, 2.05) is 6.92 Å². The first kappa shape index (κ1) is 19.4. The van der Waals surface area contributed by atoms with Gasteiger partial charge in [0.2, 0.25) is 0 Å². The van der Waals surface area contributed by atoms with Gasteiger partial charge in [0.1, 0.15) is 0 Å². The molecule has 0 rings (SSSR count). The lowest BCUT2D eigenvalue weighted by Crippen LogP contribution is -2.32. The van der Waals surface area contributed by atoms with Gasteiger partial charge >= 0.3 is 5.97 Å². The number of carboxylic acids is 1. The standard InChI is InChI=1S/C15H30O5/c1-3-5-6-7-8-10-13(4-2)20-15(14(17)18)19-12-9-11-16/h13,15-16H,3-12H2,1-2H3,(H,17,18). The van der Waals surface area contributed by atoms with E-state index in [9.17, 15) is 4.79 Å². The summed E-state index contributed by atoms with van der Waals surface area (Å²) in [4.78, 5) is 11.0. The maximum absolute atomic E-state index is 11.0. The number of carboxylic acid groups (broad SMARTS) is 1. The van der Waals surface area contributed by atoms with Gasteiger partial charge in [0.15, 0.2) is 0 Å². The van der Waals surface area contributed by atoms with Gasteiger partial charge < -0.3 is 19.7 Å². The summed E-state index contributed by atoms with van der Waals surface area (Å²) in [7, 11) is 0. The molecule has 120 valence electrons. The molecule has 0 amide bonds. The van der Waals surface area contributed by atoms with Crippen LogP contribution in [0.15, 0.2) is 0 Å². The minimum Gasteiger partial charge on any atom is -0.477 e. The molecular weight excluding hydrogens is 260 g/mol. The van der Waals surface area contributed by atoms with E-state index in [1.54, 1.807) is 0 Å². The molecule has 0 aliphatic carbocycles. The van der Waals surface area contributed by atoms with E-state index >= 15 is 0 Å². The first-order chi connectivity index (χ1) is 9.65.